The maximum atomic E-state index is 13.3. The van der Waals surface area contributed by atoms with E-state index >= 15 is 0 Å². The number of hydrogen-bond acceptors (Lipinski definition) is 2. The van der Waals surface area contributed by atoms with Crippen molar-refractivity contribution < 1.29 is 9.13 Å². The van der Waals surface area contributed by atoms with Crippen LogP contribution in [0, 0.1) is 5.82 Å². The van der Waals surface area contributed by atoms with Gasteiger partial charge in [0.05, 0.1) is 6.10 Å². The highest BCUT2D eigenvalue weighted by molar-refractivity contribution is 5.31. The Morgan fingerprint density at radius 3 is 2.52 bits per heavy atom. The molecular formula is C18H22FNO. The number of nitrogens with two attached hydrogens (primary N) is 1. The van der Waals surface area contributed by atoms with Gasteiger partial charge >= 0.3 is 0 Å². The largest absolute Gasteiger partial charge is 0.491 e. The third-order valence-electron chi connectivity index (χ3n) is 3.36. The van der Waals surface area contributed by atoms with Crippen molar-refractivity contribution in [3.05, 3.63) is 65.5 Å². The van der Waals surface area contributed by atoms with Crippen LogP contribution < -0.4 is 10.5 Å². The van der Waals surface area contributed by atoms with Crippen LogP contribution in [0.2, 0.25) is 0 Å². The molecule has 1 unspecified atom stereocenters. The molecule has 1 atom stereocenters. The summed E-state index contributed by atoms with van der Waals surface area (Å²) in [5.41, 5.74) is 7.95. The number of halogens is 1. The van der Waals surface area contributed by atoms with Gasteiger partial charge in [-0.1, -0.05) is 24.3 Å². The van der Waals surface area contributed by atoms with E-state index in [1.165, 1.54) is 6.07 Å². The van der Waals surface area contributed by atoms with Gasteiger partial charge in [-0.3, -0.25) is 0 Å². The summed E-state index contributed by atoms with van der Waals surface area (Å²) < 4.78 is 19.1. The first kappa shape index (κ1) is 15.5. The fourth-order valence-electron chi connectivity index (χ4n) is 2.40. The van der Waals surface area contributed by atoms with E-state index in [1.54, 1.807) is 12.1 Å². The van der Waals surface area contributed by atoms with Crippen LogP contribution in [-0.4, -0.2) is 12.6 Å². The summed E-state index contributed by atoms with van der Waals surface area (Å²) in [5, 5.41) is 0. The zero-order chi connectivity index (χ0) is 15.2. The number of benzene rings is 2. The highest BCUT2D eigenvalue weighted by Crippen LogP contribution is 2.23. The van der Waals surface area contributed by atoms with Crippen molar-refractivity contribution >= 4 is 0 Å². The molecule has 0 saturated carbocycles. The third kappa shape index (κ3) is 4.57. The van der Waals surface area contributed by atoms with E-state index < -0.39 is 0 Å². The van der Waals surface area contributed by atoms with E-state index in [4.69, 9.17) is 10.5 Å². The van der Waals surface area contributed by atoms with E-state index in [1.807, 2.05) is 38.1 Å². The SMILES string of the molecule is CC(C)Oc1cccc(CC(CN)c2cccc(F)c2)c1. The van der Waals surface area contributed by atoms with Crippen LogP contribution in [0.5, 0.6) is 5.75 Å². The van der Waals surface area contributed by atoms with Crippen molar-refractivity contribution in [2.24, 2.45) is 5.73 Å². The van der Waals surface area contributed by atoms with Crippen molar-refractivity contribution in [1.82, 2.24) is 0 Å². The molecule has 0 spiro atoms. The Bertz CT molecular complexity index is 583. The molecule has 0 aromatic heterocycles. The summed E-state index contributed by atoms with van der Waals surface area (Å²) in [6.07, 6.45) is 0.920. The predicted octanol–water partition coefficient (Wildman–Crippen LogP) is 3.90. The Balaban J connectivity index is 2.15. The van der Waals surface area contributed by atoms with Gasteiger partial charge in [0.15, 0.2) is 0 Å². The first-order valence-corrected chi connectivity index (χ1v) is 7.29. The Morgan fingerprint density at radius 2 is 1.86 bits per heavy atom. The highest BCUT2D eigenvalue weighted by Gasteiger charge is 2.12. The molecule has 0 aliphatic carbocycles. The number of ether oxygens (including phenoxy) is 1. The first-order valence-electron chi connectivity index (χ1n) is 7.29. The molecule has 0 bridgehead atoms. The molecule has 0 saturated heterocycles. The summed E-state index contributed by atoms with van der Waals surface area (Å²) >= 11 is 0. The lowest BCUT2D eigenvalue weighted by Gasteiger charge is -2.17. The molecule has 2 N–H and O–H groups in total. The van der Waals surface area contributed by atoms with Crippen LogP contribution in [0.3, 0.4) is 0 Å². The lowest BCUT2D eigenvalue weighted by molar-refractivity contribution is 0.242. The average molecular weight is 287 g/mol. The fourth-order valence-corrected chi connectivity index (χ4v) is 2.40. The predicted molar refractivity (Wildman–Crippen MR) is 84.1 cm³/mol. The molecule has 2 aromatic rings. The molecule has 0 radical (unpaired) electrons. The topological polar surface area (TPSA) is 35.2 Å². The summed E-state index contributed by atoms with van der Waals surface area (Å²) in [4.78, 5) is 0. The van der Waals surface area contributed by atoms with Gasteiger partial charge in [-0.25, -0.2) is 4.39 Å². The second-order valence-corrected chi connectivity index (χ2v) is 5.51. The van der Waals surface area contributed by atoms with Gasteiger partial charge in [0.2, 0.25) is 0 Å². The second kappa shape index (κ2) is 7.23. The smallest absolute Gasteiger partial charge is 0.123 e. The normalized spacial score (nSPS) is 12.4. The van der Waals surface area contributed by atoms with Crippen molar-refractivity contribution in [3.63, 3.8) is 0 Å². The van der Waals surface area contributed by atoms with E-state index in [9.17, 15) is 4.39 Å². The van der Waals surface area contributed by atoms with E-state index in [2.05, 4.69) is 6.07 Å². The minimum Gasteiger partial charge on any atom is -0.491 e. The minimum atomic E-state index is -0.220. The molecule has 0 aliphatic rings. The minimum absolute atomic E-state index is 0.106. The third-order valence-corrected chi connectivity index (χ3v) is 3.36. The van der Waals surface area contributed by atoms with Gasteiger partial charge in [0.1, 0.15) is 11.6 Å². The van der Waals surface area contributed by atoms with Gasteiger partial charge in [0.25, 0.3) is 0 Å². The van der Waals surface area contributed by atoms with Crippen LogP contribution >= 0.6 is 0 Å². The van der Waals surface area contributed by atoms with Crippen LogP contribution in [0.4, 0.5) is 4.39 Å². The van der Waals surface area contributed by atoms with Crippen LogP contribution in [0.15, 0.2) is 48.5 Å². The van der Waals surface area contributed by atoms with Crippen LogP contribution in [0.25, 0.3) is 0 Å². The standard InChI is InChI=1S/C18H22FNO/c1-13(2)21-18-8-3-5-14(10-18)9-16(12-20)15-6-4-7-17(19)11-15/h3-8,10-11,13,16H,9,12,20H2,1-2H3. The molecule has 21 heavy (non-hydrogen) atoms. The highest BCUT2D eigenvalue weighted by atomic mass is 19.1. The number of rotatable bonds is 6. The Morgan fingerprint density at radius 1 is 1.10 bits per heavy atom. The fraction of sp³-hybridized carbons (Fsp3) is 0.333. The van der Waals surface area contributed by atoms with Gasteiger partial charge in [-0.05, 0) is 62.2 Å². The van der Waals surface area contributed by atoms with Crippen molar-refractivity contribution in [2.75, 3.05) is 6.54 Å². The number of hydrogen-bond donors (Lipinski definition) is 1. The van der Waals surface area contributed by atoms with Crippen LogP contribution in [-0.2, 0) is 6.42 Å². The summed E-state index contributed by atoms with van der Waals surface area (Å²) in [5.74, 6) is 0.746. The quantitative estimate of drug-likeness (QED) is 0.874. The molecule has 112 valence electrons. The molecule has 3 heteroatoms. The molecule has 0 fully saturated rings. The zero-order valence-electron chi connectivity index (χ0n) is 12.6. The first-order chi connectivity index (χ1) is 10.1. The van der Waals surface area contributed by atoms with Gasteiger partial charge in [-0.2, -0.15) is 0 Å². The molecule has 0 amide bonds. The Labute approximate surface area is 125 Å². The molecule has 2 rings (SSSR count). The monoisotopic (exact) mass is 287 g/mol. The zero-order valence-corrected chi connectivity index (χ0v) is 12.6. The molecule has 0 aliphatic heterocycles. The molecular weight excluding hydrogens is 265 g/mol. The second-order valence-electron chi connectivity index (χ2n) is 5.51. The Hall–Kier alpha value is -1.87. The summed E-state index contributed by atoms with van der Waals surface area (Å²) in [7, 11) is 0. The average Bonchev–Trinajstić information content (AvgIpc) is 2.44. The van der Waals surface area contributed by atoms with Gasteiger partial charge in [0, 0.05) is 5.92 Å². The van der Waals surface area contributed by atoms with E-state index in [0.717, 1.165) is 23.3 Å². The van der Waals surface area contributed by atoms with Gasteiger partial charge < -0.3 is 10.5 Å². The van der Waals surface area contributed by atoms with Crippen LogP contribution in [0.1, 0.15) is 30.9 Å². The Kier molecular flexibility index (Phi) is 5.34. The molecule has 2 nitrogen and oxygen atoms in total. The van der Waals surface area contributed by atoms with E-state index in [-0.39, 0.29) is 17.8 Å². The lowest BCUT2D eigenvalue weighted by Crippen LogP contribution is -2.15. The summed E-state index contributed by atoms with van der Waals surface area (Å²) in [6, 6.07) is 14.7. The maximum Gasteiger partial charge on any atom is 0.123 e. The van der Waals surface area contributed by atoms with E-state index in [0.29, 0.717) is 6.54 Å². The van der Waals surface area contributed by atoms with Crippen molar-refractivity contribution in [2.45, 2.75) is 32.3 Å². The maximum absolute atomic E-state index is 13.3. The summed E-state index contributed by atoms with van der Waals surface area (Å²) in [6.45, 7) is 4.49. The van der Waals surface area contributed by atoms with Gasteiger partial charge in [-0.15, -0.1) is 0 Å². The van der Waals surface area contributed by atoms with Crippen molar-refractivity contribution in [3.8, 4) is 5.75 Å². The molecule has 2 aromatic carbocycles. The lowest BCUT2D eigenvalue weighted by atomic mass is 9.92. The van der Waals surface area contributed by atoms with Crippen molar-refractivity contribution in [1.29, 1.82) is 0 Å². The molecule has 0 heterocycles.